The molecule has 2 atom stereocenters. The van der Waals surface area contributed by atoms with Gasteiger partial charge in [0.25, 0.3) is 0 Å². The van der Waals surface area contributed by atoms with E-state index < -0.39 is 18.5 Å². The van der Waals surface area contributed by atoms with Gasteiger partial charge in [0.05, 0.1) is 17.8 Å². The number of ether oxygens (including phenoxy) is 1. The number of benzene rings is 1. The van der Waals surface area contributed by atoms with Crippen LogP contribution in [0.25, 0.3) is 0 Å². The summed E-state index contributed by atoms with van der Waals surface area (Å²) in [6.45, 7) is 1.35. The Morgan fingerprint density at radius 1 is 1.10 bits per heavy atom. The number of hydrogen-bond donors (Lipinski definition) is 1. The lowest BCUT2D eigenvalue weighted by molar-refractivity contribution is -0.342. The van der Waals surface area contributed by atoms with Crippen molar-refractivity contribution in [3.63, 3.8) is 0 Å². The predicted octanol–water partition coefficient (Wildman–Crippen LogP) is 3.73. The van der Waals surface area contributed by atoms with E-state index in [9.17, 15) is 13.2 Å². The van der Waals surface area contributed by atoms with E-state index in [-0.39, 0.29) is 0 Å². The second kappa shape index (κ2) is 6.24. The minimum absolute atomic E-state index is 0.413. The van der Waals surface area contributed by atoms with Gasteiger partial charge in [0.2, 0.25) is 0 Å². The maximum absolute atomic E-state index is 12.3. The van der Waals surface area contributed by atoms with E-state index in [4.69, 9.17) is 5.73 Å². The lowest BCUT2D eigenvalue weighted by Crippen LogP contribution is -2.17. The molecule has 3 nitrogen and oxygen atoms in total. The zero-order valence-corrected chi connectivity index (χ0v) is 11.3. The molecule has 0 fully saturated rings. The average Bonchev–Trinajstić information content (AvgIpc) is 2.46. The Morgan fingerprint density at radius 3 is 2.43 bits per heavy atom. The summed E-state index contributed by atoms with van der Waals surface area (Å²) in [5.41, 5.74) is 7.84. The minimum atomic E-state index is -4.67. The molecule has 1 unspecified atom stereocenters. The molecular weight excluding hydrogens is 281 g/mol. The standard InChI is InChI=1S/C15H15F3N2O/c1-10(21-15(16,17)18)11-5-4-6-12(9-11)14(19)13-7-2-3-8-20-13/h2-10,14H,19H2,1H3/t10-,14?/m1/s1. The van der Waals surface area contributed by atoms with E-state index in [0.29, 0.717) is 16.8 Å². The van der Waals surface area contributed by atoms with Gasteiger partial charge in [-0.1, -0.05) is 30.3 Å². The Bertz CT molecular complexity index is 587. The van der Waals surface area contributed by atoms with Gasteiger partial charge in [-0.15, -0.1) is 13.2 Å². The van der Waals surface area contributed by atoms with Gasteiger partial charge in [-0.05, 0) is 30.2 Å². The van der Waals surface area contributed by atoms with Crippen molar-refractivity contribution in [2.75, 3.05) is 0 Å². The molecule has 1 aromatic carbocycles. The molecule has 2 rings (SSSR count). The molecule has 112 valence electrons. The third-order valence-electron chi connectivity index (χ3n) is 3.06. The quantitative estimate of drug-likeness (QED) is 0.935. The fourth-order valence-electron chi connectivity index (χ4n) is 2.00. The second-order valence-corrected chi connectivity index (χ2v) is 4.61. The average molecular weight is 296 g/mol. The number of alkyl halides is 3. The van der Waals surface area contributed by atoms with Crippen molar-refractivity contribution in [1.29, 1.82) is 0 Å². The van der Waals surface area contributed by atoms with Crippen LogP contribution in [0.1, 0.15) is 35.9 Å². The highest BCUT2D eigenvalue weighted by molar-refractivity contribution is 5.31. The van der Waals surface area contributed by atoms with E-state index in [1.54, 1.807) is 48.7 Å². The molecule has 0 saturated carbocycles. The van der Waals surface area contributed by atoms with Crippen molar-refractivity contribution in [3.8, 4) is 0 Å². The molecular formula is C15H15F3N2O. The van der Waals surface area contributed by atoms with Crippen LogP contribution < -0.4 is 5.73 Å². The first kappa shape index (κ1) is 15.5. The van der Waals surface area contributed by atoms with E-state index >= 15 is 0 Å². The van der Waals surface area contributed by atoms with Gasteiger partial charge in [0, 0.05) is 6.20 Å². The summed E-state index contributed by atoms with van der Waals surface area (Å²) < 4.78 is 40.8. The van der Waals surface area contributed by atoms with Crippen molar-refractivity contribution >= 4 is 0 Å². The molecule has 21 heavy (non-hydrogen) atoms. The molecule has 0 bridgehead atoms. The summed E-state index contributed by atoms with van der Waals surface area (Å²) in [7, 11) is 0. The first-order valence-electron chi connectivity index (χ1n) is 6.38. The molecule has 0 saturated heterocycles. The van der Waals surface area contributed by atoms with Crippen LogP contribution in [-0.4, -0.2) is 11.3 Å². The maximum atomic E-state index is 12.3. The van der Waals surface area contributed by atoms with Crippen LogP contribution in [0.2, 0.25) is 0 Å². The smallest absolute Gasteiger partial charge is 0.319 e. The van der Waals surface area contributed by atoms with Gasteiger partial charge < -0.3 is 5.73 Å². The highest BCUT2D eigenvalue weighted by Gasteiger charge is 2.32. The summed E-state index contributed by atoms with van der Waals surface area (Å²) in [5, 5.41) is 0. The summed E-state index contributed by atoms with van der Waals surface area (Å²) in [6.07, 6.45) is -4.15. The van der Waals surface area contributed by atoms with Gasteiger partial charge in [0.1, 0.15) is 0 Å². The van der Waals surface area contributed by atoms with Gasteiger partial charge >= 0.3 is 6.36 Å². The summed E-state index contributed by atoms with van der Waals surface area (Å²) >= 11 is 0. The first-order valence-corrected chi connectivity index (χ1v) is 6.38. The molecule has 1 aromatic heterocycles. The molecule has 0 aliphatic carbocycles. The van der Waals surface area contributed by atoms with Crippen molar-refractivity contribution in [2.24, 2.45) is 5.73 Å². The number of nitrogens with two attached hydrogens (primary N) is 1. The van der Waals surface area contributed by atoms with Crippen molar-refractivity contribution < 1.29 is 17.9 Å². The van der Waals surface area contributed by atoms with E-state index in [1.807, 2.05) is 0 Å². The third kappa shape index (κ3) is 4.27. The lowest BCUT2D eigenvalue weighted by atomic mass is 10.00. The zero-order chi connectivity index (χ0) is 15.5. The fourth-order valence-corrected chi connectivity index (χ4v) is 2.00. The highest BCUT2D eigenvalue weighted by Crippen LogP contribution is 2.29. The molecule has 0 aliphatic heterocycles. The monoisotopic (exact) mass is 296 g/mol. The maximum Gasteiger partial charge on any atom is 0.523 e. The Morgan fingerprint density at radius 2 is 1.81 bits per heavy atom. The van der Waals surface area contributed by atoms with E-state index in [1.165, 1.54) is 6.92 Å². The SMILES string of the molecule is C[C@@H](OC(F)(F)F)c1cccc(C(N)c2ccccn2)c1. The first-order chi connectivity index (χ1) is 9.87. The Balaban J connectivity index is 2.22. The molecule has 0 radical (unpaired) electrons. The largest absolute Gasteiger partial charge is 0.523 e. The molecule has 2 N–H and O–H groups in total. The van der Waals surface area contributed by atoms with Crippen LogP contribution in [0.3, 0.4) is 0 Å². The van der Waals surface area contributed by atoms with Crippen LogP contribution >= 0.6 is 0 Å². The van der Waals surface area contributed by atoms with Crippen LogP contribution in [0.4, 0.5) is 13.2 Å². The molecule has 0 aliphatic rings. The number of pyridine rings is 1. The summed E-state index contributed by atoms with van der Waals surface area (Å²) in [5.74, 6) is 0. The number of nitrogens with zero attached hydrogens (tertiary/aromatic N) is 1. The number of hydrogen-bond acceptors (Lipinski definition) is 3. The lowest BCUT2D eigenvalue weighted by Gasteiger charge is -2.18. The van der Waals surface area contributed by atoms with Gasteiger partial charge in [-0.2, -0.15) is 0 Å². The molecule has 0 amide bonds. The predicted molar refractivity (Wildman–Crippen MR) is 72.3 cm³/mol. The van der Waals surface area contributed by atoms with E-state index in [0.717, 1.165) is 0 Å². The fraction of sp³-hybridized carbons (Fsp3) is 0.267. The van der Waals surface area contributed by atoms with Crippen LogP contribution in [0.5, 0.6) is 0 Å². The minimum Gasteiger partial charge on any atom is -0.319 e. The van der Waals surface area contributed by atoms with Crippen molar-refractivity contribution in [1.82, 2.24) is 4.98 Å². The van der Waals surface area contributed by atoms with Crippen LogP contribution in [-0.2, 0) is 4.74 Å². The van der Waals surface area contributed by atoms with Gasteiger partial charge in [-0.3, -0.25) is 9.72 Å². The molecule has 0 spiro atoms. The highest BCUT2D eigenvalue weighted by atomic mass is 19.4. The van der Waals surface area contributed by atoms with Gasteiger partial charge in [0.15, 0.2) is 0 Å². The Kier molecular flexibility index (Phi) is 4.59. The van der Waals surface area contributed by atoms with Crippen molar-refractivity contribution in [3.05, 3.63) is 65.5 Å². The number of aromatic nitrogens is 1. The number of halogens is 3. The normalized spacial score (nSPS) is 14.7. The van der Waals surface area contributed by atoms with Crippen molar-refractivity contribution in [2.45, 2.75) is 25.4 Å². The van der Waals surface area contributed by atoms with Gasteiger partial charge in [-0.25, -0.2) is 0 Å². The summed E-state index contributed by atoms with van der Waals surface area (Å²) in [6, 6.07) is 11.4. The zero-order valence-electron chi connectivity index (χ0n) is 11.3. The van der Waals surface area contributed by atoms with Crippen LogP contribution in [0.15, 0.2) is 48.7 Å². The topological polar surface area (TPSA) is 48.1 Å². The molecule has 1 heterocycles. The molecule has 6 heteroatoms. The van der Waals surface area contributed by atoms with Crippen LogP contribution in [0, 0.1) is 0 Å². The number of rotatable bonds is 4. The second-order valence-electron chi connectivity index (χ2n) is 4.61. The Hall–Kier alpha value is -1.92. The Labute approximate surface area is 120 Å². The molecule has 2 aromatic rings. The van der Waals surface area contributed by atoms with E-state index in [2.05, 4.69) is 9.72 Å². The summed E-state index contributed by atoms with van der Waals surface area (Å²) in [4.78, 5) is 4.15. The third-order valence-corrected chi connectivity index (χ3v) is 3.06.